The van der Waals surface area contributed by atoms with Crippen LogP contribution in [0.2, 0.25) is 0 Å². The average Bonchev–Trinajstić information content (AvgIpc) is 2.77. The van der Waals surface area contributed by atoms with Gasteiger partial charge in [-0.05, 0) is 27.7 Å². The number of hydrogen-bond acceptors (Lipinski definition) is 6. The Bertz CT molecular complexity index is 492. The van der Waals surface area contributed by atoms with Gasteiger partial charge < -0.3 is 24.2 Å². The summed E-state index contributed by atoms with van der Waals surface area (Å²) < 4.78 is 21.6. The number of rotatable bonds is 2. The third-order valence-corrected chi connectivity index (χ3v) is 3.64. The topological polar surface area (TPSA) is 83.9 Å². The first-order valence-corrected chi connectivity index (χ1v) is 6.01. The van der Waals surface area contributed by atoms with Crippen LogP contribution in [0.25, 0.3) is 0 Å². The van der Waals surface area contributed by atoms with Gasteiger partial charge in [-0.1, -0.05) is 0 Å². The summed E-state index contributed by atoms with van der Waals surface area (Å²) in [5.41, 5.74) is 5.32. The fraction of sp³-hybridized carbons (Fsp3) is 0.583. The average molecular weight is 267 g/mol. The Balaban J connectivity index is 2.28. The number of ether oxygens (including phenoxy) is 1. The molecule has 1 saturated heterocycles. The van der Waals surface area contributed by atoms with Crippen molar-refractivity contribution in [3.05, 3.63) is 11.8 Å². The van der Waals surface area contributed by atoms with E-state index in [2.05, 4.69) is 4.74 Å². The van der Waals surface area contributed by atoms with Gasteiger partial charge >= 0.3 is 13.1 Å². The highest BCUT2D eigenvalue weighted by molar-refractivity contribution is 6.60. The van der Waals surface area contributed by atoms with E-state index >= 15 is 0 Å². The summed E-state index contributed by atoms with van der Waals surface area (Å²) in [6.45, 7) is 7.72. The van der Waals surface area contributed by atoms with E-state index in [1.807, 2.05) is 27.7 Å². The van der Waals surface area contributed by atoms with Crippen LogP contribution in [0.4, 0.5) is 5.69 Å². The van der Waals surface area contributed by atoms with Crippen molar-refractivity contribution in [3.8, 4) is 0 Å². The van der Waals surface area contributed by atoms with Crippen LogP contribution >= 0.6 is 0 Å². The summed E-state index contributed by atoms with van der Waals surface area (Å²) in [4.78, 5) is 11.4. The molecule has 6 nitrogen and oxygen atoms in total. The molecule has 2 heterocycles. The Kier molecular flexibility index (Phi) is 3.14. The molecule has 0 radical (unpaired) electrons. The maximum Gasteiger partial charge on any atom is 0.532 e. The molecule has 1 aliphatic heterocycles. The molecule has 2 rings (SSSR count). The Hall–Kier alpha value is -1.47. The van der Waals surface area contributed by atoms with Gasteiger partial charge in [0.25, 0.3) is 0 Å². The Labute approximate surface area is 112 Å². The molecule has 0 saturated carbocycles. The lowest BCUT2D eigenvalue weighted by Gasteiger charge is -2.32. The lowest BCUT2D eigenvalue weighted by Crippen LogP contribution is -2.41. The SMILES string of the molecule is COC(=O)c1oc(B2OC(C)(C)C(C)(C)O2)cc1N. The largest absolute Gasteiger partial charge is 0.532 e. The number of furan rings is 1. The number of anilines is 1. The zero-order valence-electron chi connectivity index (χ0n) is 11.8. The van der Waals surface area contributed by atoms with E-state index in [1.54, 1.807) is 0 Å². The summed E-state index contributed by atoms with van der Waals surface area (Å²) in [5.74, 6) is -0.660. The summed E-state index contributed by atoms with van der Waals surface area (Å²) >= 11 is 0. The minimum absolute atomic E-state index is 0.0350. The van der Waals surface area contributed by atoms with E-state index < -0.39 is 24.3 Å². The minimum Gasteiger partial charge on any atom is -0.463 e. The van der Waals surface area contributed by atoms with Gasteiger partial charge in [0.05, 0.1) is 24.0 Å². The number of esters is 1. The Morgan fingerprint density at radius 3 is 2.26 bits per heavy atom. The van der Waals surface area contributed by atoms with Crippen molar-refractivity contribution in [1.29, 1.82) is 0 Å². The van der Waals surface area contributed by atoms with Crippen molar-refractivity contribution >= 4 is 24.4 Å². The van der Waals surface area contributed by atoms with E-state index in [-0.39, 0.29) is 11.4 Å². The molecule has 2 N–H and O–H groups in total. The third kappa shape index (κ3) is 2.23. The number of hydrogen-bond donors (Lipinski definition) is 1. The van der Waals surface area contributed by atoms with E-state index in [9.17, 15) is 4.79 Å². The smallest absolute Gasteiger partial charge is 0.463 e. The summed E-state index contributed by atoms with van der Waals surface area (Å²) in [7, 11) is 0.573. The van der Waals surface area contributed by atoms with Gasteiger partial charge in [0.2, 0.25) is 5.76 Å². The standard InChI is InChI=1S/C12H18BNO5/c1-11(2)12(3,4)19-13(18-11)8-6-7(14)9(17-8)10(15)16-5/h6H,14H2,1-5H3. The zero-order valence-corrected chi connectivity index (χ0v) is 11.8. The molecular weight excluding hydrogens is 249 g/mol. The van der Waals surface area contributed by atoms with E-state index in [4.69, 9.17) is 19.5 Å². The van der Waals surface area contributed by atoms with Gasteiger partial charge in [-0.25, -0.2) is 4.79 Å². The van der Waals surface area contributed by atoms with E-state index in [1.165, 1.54) is 13.2 Å². The molecule has 7 heteroatoms. The Morgan fingerprint density at radius 1 is 1.26 bits per heavy atom. The van der Waals surface area contributed by atoms with E-state index in [0.29, 0.717) is 5.66 Å². The first-order valence-electron chi connectivity index (χ1n) is 6.01. The number of methoxy groups -OCH3 is 1. The fourth-order valence-corrected chi connectivity index (χ4v) is 1.75. The van der Waals surface area contributed by atoms with Gasteiger partial charge in [0.15, 0.2) is 0 Å². The second-order valence-electron chi connectivity index (χ2n) is 5.51. The Morgan fingerprint density at radius 2 is 1.79 bits per heavy atom. The van der Waals surface area contributed by atoms with Crippen molar-refractivity contribution in [2.24, 2.45) is 0 Å². The lowest BCUT2D eigenvalue weighted by atomic mass is 9.86. The molecule has 1 aliphatic rings. The molecular formula is C12H18BNO5. The molecule has 1 aromatic heterocycles. The molecule has 1 aromatic rings. The number of carbonyl (C=O) groups excluding carboxylic acids is 1. The summed E-state index contributed by atoms with van der Waals surface area (Å²) in [5, 5.41) is 0. The molecule has 0 spiro atoms. The highest BCUT2D eigenvalue weighted by Crippen LogP contribution is 2.36. The van der Waals surface area contributed by atoms with E-state index in [0.717, 1.165) is 0 Å². The molecule has 0 unspecified atom stereocenters. The molecule has 0 aromatic carbocycles. The van der Waals surface area contributed by atoms with Crippen LogP contribution in [-0.4, -0.2) is 31.4 Å². The summed E-state index contributed by atoms with van der Waals surface area (Å²) in [6.07, 6.45) is 0. The molecule has 1 fully saturated rings. The van der Waals surface area contributed by atoms with Crippen LogP contribution in [0, 0.1) is 0 Å². The van der Waals surface area contributed by atoms with Crippen LogP contribution < -0.4 is 11.4 Å². The number of nitrogen functional groups attached to an aromatic ring is 1. The van der Waals surface area contributed by atoms with Crippen LogP contribution in [0.1, 0.15) is 38.2 Å². The monoisotopic (exact) mass is 267 g/mol. The third-order valence-electron chi connectivity index (χ3n) is 3.64. The van der Waals surface area contributed by atoms with Crippen LogP contribution in [-0.2, 0) is 14.0 Å². The highest BCUT2D eigenvalue weighted by atomic mass is 16.7. The van der Waals surface area contributed by atoms with Crippen molar-refractivity contribution in [2.75, 3.05) is 12.8 Å². The lowest BCUT2D eigenvalue weighted by molar-refractivity contribution is 0.00578. The predicted octanol–water partition coefficient (Wildman–Crippen LogP) is 0.948. The van der Waals surface area contributed by atoms with Gasteiger partial charge in [-0.15, -0.1) is 0 Å². The zero-order chi connectivity index (χ0) is 14.4. The van der Waals surface area contributed by atoms with Crippen molar-refractivity contribution in [1.82, 2.24) is 0 Å². The number of nitrogens with two attached hydrogens (primary N) is 1. The van der Waals surface area contributed by atoms with Gasteiger partial charge in [-0.3, -0.25) is 0 Å². The van der Waals surface area contributed by atoms with Crippen LogP contribution in [0.15, 0.2) is 10.5 Å². The fourth-order valence-electron chi connectivity index (χ4n) is 1.75. The first kappa shape index (κ1) is 14.0. The van der Waals surface area contributed by atoms with Crippen molar-refractivity contribution in [3.63, 3.8) is 0 Å². The first-order chi connectivity index (χ1) is 8.68. The minimum atomic E-state index is -0.689. The maximum atomic E-state index is 11.4. The van der Waals surface area contributed by atoms with Crippen molar-refractivity contribution < 1.29 is 23.3 Å². The van der Waals surface area contributed by atoms with Crippen LogP contribution in [0.3, 0.4) is 0 Å². The molecule has 19 heavy (non-hydrogen) atoms. The second kappa shape index (κ2) is 4.28. The second-order valence-corrected chi connectivity index (χ2v) is 5.51. The normalized spacial score (nSPS) is 20.6. The molecule has 0 bridgehead atoms. The van der Waals surface area contributed by atoms with Gasteiger partial charge in [0, 0.05) is 6.07 Å². The maximum absolute atomic E-state index is 11.4. The van der Waals surface area contributed by atoms with Gasteiger partial charge in [-0.2, -0.15) is 0 Å². The highest BCUT2D eigenvalue weighted by Gasteiger charge is 2.53. The predicted molar refractivity (Wildman–Crippen MR) is 70.2 cm³/mol. The summed E-state index contributed by atoms with van der Waals surface area (Å²) in [6, 6.07) is 1.52. The van der Waals surface area contributed by atoms with Crippen molar-refractivity contribution in [2.45, 2.75) is 38.9 Å². The van der Waals surface area contributed by atoms with Gasteiger partial charge in [0.1, 0.15) is 5.66 Å². The quantitative estimate of drug-likeness (QED) is 0.634. The number of carbonyl (C=O) groups is 1. The van der Waals surface area contributed by atoms with Crippen LogP contribution in [0.5, 0.6) is 0 Å². The molecule has 104 valence electrons. The molecule has 0 aliphatic carbocycles. The molecule has 0 amide bonds. The molecule has 0 atom stereocenters.